The van der Waals surface area contributed by atoms with E-state index in [9.17, 15) is 19.0 Å². The maximum atomic E-state index is 12.7. The van der Waals surface area contributed by atoms with Gasteiger partial charge in [0, 0.05) is 12.8 Å². The number of unbranched alkanes of at least 4 members (excludes halogenated alkanes) is 12. The third-order valence-electron chi connectivity index (χ3n) is 8.72. The number of hydrogen-bond donors (Lipinski definition) is 1. The lowest BCUT2D eigenvalue weighted by Crippen LogP contribution is -2.37. The van der Waals surface area contributed by atoms with E-state index < -0.39 is 32.5 Å². The van der Waals surface area contributed by atoms with Gasteiger partial charge in [0.15, 0.2) is 6.10 Å². The first-order valence-electron chi connectivity index (χ1n) is 21.7. The van der Waals surface area contributed by atoms with E-state index in [1.807, 2.05) is 21.1 Å². The smallest absolute Gasteiger partial charge is 0.462 e. The Hall–Kier alpha value is -2.55. The monoisotopic (exact) mass is 807 g/mol. The van der Waals surface area contributed by atoms with Crippen LogP contribution in [0, 0.1) is 0 Å². The summed E-state index contributed by atoms with van der Waals surface area (Å²) >= 11 is 0. The molecule has 2 atom stereocenters. The first-order chi connectivity index (χ1) is 27.0. The Balaban J connectivity index is 4.50. The summed E-state index contributed by atoms with van der Waals surface area (Å²) in [5, 5.41) is 0. The summed E-state index contributed by atoms with van der Waals surface area (Å²) in [7, 11) is 1.42. The van der Waals surface area contributed by atoms with Crippen LogP contribution in [-0.2, 0) is 32.7 Å². The van der Waals surface area contributed by atoms with Gasteiger partial charge in [-0.25, -0.2) is 4.57 Å². The van der Waals surface area contributed by atoms with Crippen molar-refractivity contribution in [3.8, 4) is 0 Å². The quantitative estimate of drug-likeness (QED) is 0.0216. The zero-order valence-electron chi connectivity index (χ0n) is 36.1. The molecule has 0 radical (unpaired) electrons. The van der Waals surface area contributed by atoms with Crippen molar-refractivity contribution in [2.45, 2.75) is 161 Å². The molecular formula is C46H81NO8P+. The maximum Gasteiger partial charge on any atom is 0.472 e. The van der Waals surface area contributed by atoms with Crippen molar-refractivity contribution in [1.29, 1.82) is 0 Å². The van der Waals surface area contributed by atoms with Gasteiger partial charge in [0.1, 0.15) is 19.8 Å². The Bertz CT molecular complexity index is 1180. The number of allylic oxidation sites excluding steroid dienone is 12. The summed E-state index contributed by atoms with van der Waals surface area (Å²) in [6, 6.07) is 0. The largest absolute Gasteiger partial charge is 0.472 e. The predicted octanol–water partition coefficient (Wildman–Crippen LogP) is 12.2. The summed E-state index contributed by atoms with van der Waals surface area (Å²) in [5.74, 6) is -0.887. The Morgan fingerprint density at radius 3 is 1.57 bits per heavy atom. The second-order valence-corrected chi connectivity index (χ2v) is 16.8. The molecule has 56 heavy (non-hydrogen) atoms. The van der Waals surface area contributed by atoms with E-state index in [2.05, 4.69) is 86.8 Å². The molecule has 9 nitrogen and oxygen atoms in total. The number of quaternary nitrogens is 1. The molecule has 0 fully saturated rings. The molecule has 0 bridgehead atoms. The Kier molecular flexibility index (Phi) is 36.3. The normalized spacial score (nSPS) is 14.3. The van der Waals surface area contributed by atoms with Gasteiger partial charge in [0.25, 0.3) is 0 Å². The van der Waals surface area contributed by atoms with Gasteiger partial charge in [0.2, 0.25) is 0 Å². The van der Waals surface area contributed by atoms with E-state index in [0.29, 0.717) is 23.9 Å². The van der Waals surface area contributed by atoms with Crippen molar-refractivity contribution < 1.29 is 42.1 Å². The standard InChI is InChI=1S/C46H80NO8P/c1-6-8-10-12-14-16-18-20-22-23-25-27-29-31-33-35-37-39-46(49)55-44(43-54-56(50,51)53-41-40-47(3,4)5)42-52-45(48)38-36-34-32-30-28-26-24-21-19-17-15-13-11-9-7-2/h9,11,15,17,20-22,24-25,27,31,33,44H,6-8,10,12-14,16,18-19,23,26,28-30,32,34-43H2,1-5H3/p+1/b11-9-,17-15-,22-20-,24-21-,27-25-,33-31-/t44-/m1/s1. The predicted molar refractivity (Wildman–Crippen MR) is 233 cm³/mol. The van der Waals surface area contributed by atoms with Crippen molar-refractivity contribution >= 4 is 19.8 Å². The van der Waals surface area contributed by atoms with Crippen LogP contribution in [0.5, 0.6) is 0 Å². The fourth-order valence-electron chi connectivity index (χ4n) is 5.34. The molecule has 0 saturated carbocycles. The zero-order chi connectivity index (χ0) is 41.4. The van der Waals surface area contributed by atoms with Gasteiger partial charge < -0.3 is 18.9 Å². The Morgan fingerprint density at radius 2 is 1.04 bits per heavy atom. The number of ether oxygens (including phenoxy) is 2. The molecule has 1 unspecified atom stereocenters. The molecule has 0 aromatic heterocycles. The summed E-state index contributed by atoms with van der Waals surface area (Å²) < 4.78 is 34.2. The molecule has 0 heterocycles. The number of nitrogens with zero attached hydrogens (tertiary/aromatic N) is 1. The lowest BCUT2D eigenvalue weighted by Gasteiger charge is -2.24. The van der Waals surface area contributed by atoms with Crippen LogP contribution in [0.25, 0.3) is 0 Å². The summed E-state index contributed by atoms with van der Waals surface area (Å²) in [6.45, 7) is 4.20. The van der Waals surface area contributed by atoms with Gasteiger partial charge in [-0.1, -0.05) is 138 Å². The highest BCUT2D eigenvalue weighted by Crippen LogP contribution is 2.43. The molecule has 0 spiro atoms. The molecule has 322 valence electrons. The van der Waals surface area contributed by atoms with Gasteiger partial charge in [0.05, 0.1) is 27.7 Å². The van der Waals surface area contributed by atoms with Crippen molar-refractivity contribution in [3.63, 3.8) is 0 Å². The fourth-order valence-corrected chi connectivity index (χ4v) is 6.08. The summed E-state index contributed by atoms with van der Waals surface area (Å²) in [4.78, 5) is 35.3. The van der Waals surface area contributed by atoms with Crippen LogP contribution >= 0.6 is 7.82 Å². The Labute approximate surface area is 342 Å². The third-order valence-corrected chi connectivity index (χ3v) is 9.70. The van der Waals surface area contributed by atoms with Crippen LogP contribution in [0.15, 0.2) is 72.9 Å². The van der Waals surface area contributed by atoms with Crippen LogP contribution in [0.1, 0.15) is 155 Å². The number of esters is 2. The van der Waals surface area contributed by atoms with Crippen molar-refractivity contribution in [2.75, 3.05) is 47.5 Å². The van der Waals surface area contributed by atoms with Gasteiger partial charge in [-0.05, 0) is 77.0 Å². The van der Waals surface area contributed by atoms with Gasteiger partial charge in [-0.2, -0.15) is 0 Å². The lowest BCUT2D eigenvalue weighted by atomic mass is 10.1. The van der Waals surface area contributed by atoms with E-state index in [1.165, 1.54) is 38.5 Å². The van der Waals surface area contributed by atoms with E-state index in [4.69, 9.17) is 18.5 Å². The minimum absolute atomic E-state index is 0.0160. The van der Waals surface area contributed by atoms with Gasteiger partial charge in [-0.15, -0.1) is 0 Å². The van der Waals surface area contributed by atoms with Gasteiger partial charge >= 0.3 is 19.8 Å². The number of rotatable bonds is 38. The fraction of sp³-hybridized carbons (Fsp3) is 0.696. The van der Waals surface area contributed by atoms with Crippen LogP contribution < -0.4 is 0 Å². The number of likely N-dealkylation sites (N-methyl/N-ethyl adjacent to an activating group) is 1. The molecule has 0 aromatic carbocycles. The van der Waals surface area contributed by atoms with Crippen LogP contribution in [0.3, 0.4) is 0 Å². The molecule has 0 aliphatic rings. The minimum atomic E-state index is -4.39. The second-order valence-electron chi connectivity index (χ2n) is 15.3. The molecule has 0 aliphatic carbocycles. The molecule has 0 aromatic rings. The summed E-state index contributed by atoms with van der Waals surface area (Å²) in [6.07, 6.45) is 46.7. The third kappa shape index (κ3) is 41.1. The highest BCUT2D eigenvalue weighted by Gasteiger charge is 2.27. The second kappa shape index (κ2) is 38.0. The number of phosphoric acid groups is 1. The first-order valence-corrected chi connectivity index (χ1v) is 23.2. The number of carbonyl (C=O) groups is 2. The van der Waals surface area contributed by atoms with Crippen molar-refractivity contribution in [2.24, 2.45) is 0 Å². The van der Waals surface area contributed by atoms with Gasteiger partial charge in [-0.3, -0.25) is 18.6 Å². The van der Waals surface area contributed by atoms with Crippen LogP contribution in [0.2, 0.25) is 0 Å². The first kappa shape index (κ1) is 53.5. The van der Waals surface area contributed by atoms with E-state index in [-0.39, 0.29) is 26.1 Å². The molecule has 10 heteroatoms. The average molecular weight is 807 g/mol. The molecular weight excluding hydrogens is 725 g/mol. The maximum absolute atomic E-state index is 12.7. The summed E-state index contributed by atoms with van der Waals surface area (Å²) in [5.41, 5.74) is 0. The number of carbonyl (C=O) groups excluding carboxylic acids is 2. The van der Waals surface area contributed by atoms with Crippen LogP contribution in [-0.4, -0.2) is 74.9 Å². The van der Waals surface area contributed by atoms with Crippen molar-refractivity contribution in [3.05, 3.63) is 72.9 Å². The molecule has 1 N–H and O–H groups in total. The molecule has 0 aliphatic heterocycles. The molecule has 0 amide bonds. The molecule has 0 saturated heterocycles. The molecule has 0 rings (SSSR count). The average Bonchev–Trinajstić information content (AvgIpc) is 3.15. The lowest BCUT2D eigenvalue weighted by molar-refractivity contribution is -0.870. The number of phosphoric ester groups is 1. The Morgan fingerprint density at radius 1 is 0.571 bits per heavy atom. The topological polar surface area (TPSA) is 108 Å². The van der Waals surface area contributed by atoms with Crippen LogP contribution in [0.4, 0.5) is 0 Å². The van der Waals surface area contributed by atoms with E-state index >= 15 is 0 Å². The highest BCUT2D eigenvalue weighted by atomic mass is 31.2. The highest BCUT2D eigenvalue weighted by molar-refractivity contribution is 7.47. The SMILES string of the molecule is CC/C=C\C/C=C\C/C=C\CCCCCCCC(=O)OC[C@H](COP(=O)(O)OCC[N+](C)(C)C)OC(=O)CCC/C=C\C/C=C\C/C=C\CCCCCCCC. The number of hydrogen-bond acceptors (Lipinski definition) is 7. The van der Waals surface area contributed by atoms with E-state index in [1.54, 1.807) is 0 Å². The van der Waals surface area contributed by atoms with E-state index in [0.717, 1.165) is 77.0 Å². The minimum Gasteiger partial charge on any atom is -0.462 e. The zero-order valence-corrected chi connectivity index (χ0v) is 37.0. The van der Waals surface area contributed by atoms with Crippen molar-refractivity contribution in [1.82, 2.24) is 0 Å².